The maximum absolute atomic E-state index is 5.47. The predicted molar refractivity (Wildman–Crippen MR) is 131 cm³/mol. The zero-order chi connectivity index (χ0) is 18.9. The van der Waals surface area contributed by atoms with Crippen LogP contribution >= 0.6 is 37.2 Å². The SMILES string of the molecule is COc1ccccc1CNCCN1CCN(Cc2ccccc2OC)CC1.Cl.Cl.Cl. The summed E-state index contributed by atoms with van der Waals surface area (Å²) in [7, 11) is 3.47. The molecule has 1 heterocycles. The van der Waals surface area contributed by atoms with Gasteiger partial charge < -0.3 is 14.8 Å². The Morgan fingerprint density at radius 3 is 1.83 bits per heavy atom. The van der Waals surface area contributed by atoms with E-state index in [4.69, 9.17) is 9.47 Å². The molecule has 5 nitrogen and oxygen atoms in total. The van der Waals surface area contributed by atoms with Crippen LogP contribution in [0.5, 0.6) is 11.5 Å². The molecule has 1 N–H and O–H groups in total. The maximum atomic E-state index is 5.47. The molecule has 1 aliphatic heterocycles. The largest absolute Gasteiger partial charge is 0.496 e. The second-order valence-electron chi connectivity index (χ2n) is 6.92. The Kier molecular flexibility index (Phi) is 14.9. The standard InChI is InChI=1S/C22H31N3O2.3ClH/c1-26-21-9-5-3-7-19(21)17-23-11-12-24-13-15-25(16-14-24)18-20-8-4-6-10-22(20)27-2;;;/h3-10,23H,11-18H2,1-2H3;3*1H. The first kappa shape index (κ1) is 28.8. The van der Waals surface area contributed by atoms with E-state index in [1.165, 1.54) is 11.1 Å². The van der Waals surface area contributed by atoms with Crippen molar-refractivity contribution in [3.63, 3.8) is 0 Å². The quantitative estimate of drug-likeness (QED) is 0.554. The van der Waals surface area contributed by atoms with Gasteiger partial charge in [0.2, 0.25) is 0 Å². The third-order valence-corrected chi connectivity index (χ3v) is 5.16. The van der Waals surface area contributed by atoms with Gasteiger partial charge in [0.1, 0.15) is 11.5 Å². The Hall–Kier alpha value is -1.21. The second-order valence-corrected chi connectivity index (χ2v) is 6.92. The summed E-state index contributed by atoms with van der Waals surface area (Å²) in [6, 6.07) is 16.5. The number of para-hydroxylation sites is 2. The fraction of sp³-hybridized carbons (Fsp3) is 0.455. The van der Waals surface area contributed by atoms with Crippen LogP contribution in [0.2, 0.25) is 0 Å². The topological polar surface area (TPSA) is 37.0 Å². The highest BCUT2D eigenvalue weighted by Gasteiger charge is 2.17. The van der Waals surface area contributed by atoms with Gasteiger partial charge in [-0.15, -0.1) is 37.2 Å². The van der Waals surface area contributed by atoms with Crippen molar-refractivity contribution in [2.75, 3.05) is 53.5 Å². The van der Waals surface area contributed by atoms with Crippen molar-refractivity contribution in [3.8, 4) is 11.5 Å². The summed E-state index contributed by atoms with van der Waals surface area (Å²) >= 11 is 0. The van der Waals surface area contributed by atoms with Gasteiger partial charge in [0.25, 0.3) is 0 Å². The van der Waals surface area contributed by atoms with E-state index < -0.39 is 0 Å². The van der Waals surface area contributed by atoms with Gasteiger partial charge in [-0.25, -0.2) is 0 Å². The van der Waals surface area contributed by atoms with Crippen LogP contribution in [0.25, 0.3) is 0 Å². The average Bonchev–Trinajstić information content (AvgIpc) is 2.73. The molecule has 1 aliphatic rings. The molecule has 0 aromatic heterocycles. The Bertz CT molecular complexity index is 711. The first-order chi connectivity index (χ1) is 13.3. The number of benzene rings is 2. The van der Waals surface area contributed by atoms with E-state index in [1.54, 1.807) is 14.2 Å². The smallest absolute Gasteiger partial charge is 0.123 e. The molecule has 8 heteroatoms. The van der Waals surface area contributed by atoms with Gasteiger partial charge in [-0.05, 0) is 12.1 Å². The summed E-state index contributed by atoms with van der Waals surface area (Å²) in [5, 5.41) is 3.54. The lowest BCUT2D eigenvalue weighted by Gasteiger charge is -2.35. The van der Waals surface area contributed by atoms with E-state index in [0.29, 0.717) is 0 Å². The van der Waals surface area contributed by atoms with Crippen molar-refractivity contribution in [1.82, 2.24) is 15.1 Å². The lowest BCUT2D eigenvalue weighted by Crippen LogP contribution is -2.47. The van der Waals surface area contributed by atoms with Gasteiger partial charge in [-0.3, -0.25) is 9.80 Å². The van der Waals surface area contributed by atoms with Crippen LogP contribution in [0, 0.1) is 0 Å². The zero-order valence-corrected chi connectivity index (χ0v) is 20.2. The van der Waals surface area contributed by atoms with Crippen LogP contribution < -0.4 is 14.8 Å². The van der Waals surface area contributed by atoms with Gasteiger partial charge >= 0.3 is 0 Å². The van der Waals surface area contributed by atoms with Gasteiger partial charge in [-0.1, -0.05) is 36.4 Å². The molecule has 0 unspecified atom stereocenters. The molecule has 0 aliphatic carbocycles. The van der Waals surface area contributed by atoms with E-state index >= 15 is 0 Å². The molecule has 0 saturated carbocycles. The number of hydrogen-bond donors (Lipinski definition) is 1. The minimum Gasteiger partial charge on any atom is -0.496 e. The Labute approximate surface area is 199 Å². The first-order valence-corrected chi connectivity index (χ1v) is 9.69. The number of rotatable bonds is 9. The van der Waals surface area contributed by atoms with E-state index in [0.717, 1.165) is 63.9 Å². The molecule has 1 saturated heterocycles. The van der Waals surface area contributed by atoms with Crippen LogP contribution in [0.1, 0.15) is 11.1 Å². The van der Waals surface area contributed by atoms with Crippen molar-refractivity contribution >= 4 is 37.2 Å². The summed E-state index contributed by atoms with van der Waals surface area (Å²) in [4.78, 5) is 5.05. The molecule has 0 amide bonds. The predicted octanol–water partition coefficient (Wildman–Crippen LogP) is 3.88. The number of piperazine rings is 1. The monoisotopic (exact) mass is 477 g/mol. The van der Waals surface area contributed by atoms with Gasteiger partial charge in [-0.2, -0.15) is 0 Å². The summed E-state index contributed by atoms with van der Waals surface area (Å²) in [5.74, 6) is 1.94. The third-order valence-electron chi connectivity index (χ3n) is 5.16. The van der Waals surface area contributed by atoms with E-state index in [-0.39, 0.29) is 37.2 Å². The van der Waals surface area contributed by atoms with E-state index in [1.807, 2.05) is 24.3 Å². The third kappa shape index (κ3) is 8.50. The van der Waals surface area contributed by atoms with Crippen LogP contribution in [-0.2, 0) is 13.1 Å². The molecule has 1 fully saturated rings. The summed E-state index contributed by atoms with van der Waals surface area (Å²) in [5.41, 5.74) is 2.48. The van der Waals surface area contributed by atoms with Gasteiger partial charge in [0.05, 0.1) is 14.2 Å². The van der Waals surface area contributed by atoms with Crippen molar-refractivity contribution in [2.45, 2.75) is 13.1 Å². The maximum Gasteiger partial charge on any atom is 0.123 e. The van der Waals surface area contributed by atoms with Crippen molar-refractivity contribution in [2.24, 2.45) is 0 Å². The van der Waals surface area contributed by atoms with Crippen LogP contribution in [0.3, 0.4) is 0 Å². The number of hydrogen-bond acceptors (Lipinski definition) is 5. The number of ether oxygens (including phenoxy) is 2. The van der Waals surface area contributed by atoms with Crippen molar-refractivity contribution < 1.29 is 9.47 Å². The van der Waals surface area contributed by atoms with Crippen LogP contribution in [-0.4, -0.2) is 63.3 Å². The highest BCUT2D eigenvalue weighted by Crippen LogP contribution is 2.20. The summed E-state index contributed by atoms with van der Waals surface area (Å²) in [6.07, 6.45) is 0. The molecule has 0 spiro atoms. The second kappa shape index (κ2) is 15.6. The number of halogens is 3. The van der Waals surface area contributed by atoms with Gasteiger partial charge in [0.15, 0.2) is 0 Å². The minimum atomic E-state index is 0. The van der Waals surface area contributed by atoms with Gasteiger partial charge in [0, 0.05) is 63.5 Å². The molecular formula is C22H34Cl3N3O2. The summed E-state index contributed by atoms with van der Waals surface area (Å²) < 4.78 is 10.9. The molecular weight excluding hydrogens is 445 g/mol. The number of nitrogens with one attached hydrogen (secondary N) is 1. The zero-order valence-electron chi connectivity index (χ0n) is 17.7. The van der Waals surface area contributed by atoms with Crippen molar-refractivity contribution in [1.29, 1.82) is 0 Å². The Morgan fingerprint density at radius 2 is 1.23 bits per heavy atom. The lowest BCUT2D eigenvalue weighted by molar-refractivity contribution is 0.127. The summed E-state index contributed by atoms with van der Waals surface area (Å²) in [6.45, 7) is 8.32. The van der Waals surface area contributed by atoms with E-state index in [2.05, 4.69) is 39.4 Å². The molecule has 0 bridgehead atoms. The molecule has 30 heavy (non-hydrogen) atoms. The minimum absolute atomic E-state index is 0. The Morgan fingerprint density at radius 1 is 0.733 bits per heavy atom. The molecule has 170 valence electrons. The Balaban J connectivity index is 0.00000280. The molecule has 0 radical (unpaired) electrons. The molecule has 3 rings (SSSR count). The average molecular weight is 479 g/mol. The molecule has 2 aromatic carbocycles. The number of nitrogens with zero attached hydrogens (tertiary/aromatic N) is 2. The normalized spacial score (nSPS) is 14.1. The lowest BCUT2D eigenvalue weighted by atomic mass is 10.1. The number of methoxy groups -OCH3 is 2. The highest BCUT2D eigenvalue weighted by atomic mass is 35.5. The fourth-order valence-corrected chi connectivity index (χ4v) is 3.55. The molecule has 2 aromatic rings. The van der Waals surface area contributed by atoms with Crippen LogP contribution in [0.15, 0.2) is 48.5 Å². The highest BCUT2D eigenvalue weighted by molar-refractivity contribution is 5.86. The van der Waals surface area contributed by atoms with Crippen molar-refractivity contribution in [3.05, 3.63) is 59.7 Å². The fourth-order valence-electron chi connectivity index (χ4n) is 3.55. The van der Waals surface area contributed by atoms with E-state index in [9.17, 15) is 0 Å². The first-order valence-electron chi connectivity index (χ1n) is 9.69. The molecule has 0 atom stereocenters. The van der Waals surface area contributed by atoms with Crippen LogP contribution in [0.4, 0.5) is 0 Å².